The van der Waals surface area contributed by atoms with E-state index in [9.17, 15) is 4.79 Å². The van der Waals surface area contributed by atoms with Gasteiger partial charge in [0.1, 0.15) is 11.4 Å². The molecule has 9 heteroatoms. The molecular weight excluding hydrogens is 396 g/mol. The molecule has 4 heterocycles. The Bertz CT molecular complexity index is 1170. The fourth-order valence-electron chi connectivity index (χ4n) is 4.04. The van der Waals surface area contributed by atoms with E-state index in [0.29, 0.717) is 30.7 Å². The minimum atomic E-state index is -0.687. The number of fused-ring (bicyclic) bond motifs is 1. The van der Waals surface area contributed by atoms with Crippen molar-refractivity contribution in [2.24, 2.45) is 0 Å². The normalized spacial score (nSPS) is 16.8. The number of carbonyl (C=O) groups excluding carboxylic acids is 1. The maximum absolute atomic E-state index is 12.8. The largest absolute Gasteiger partial charge is 0.494 e. The summed E-state index contributed by atoms with van der Waals surface area (Å²) in [4.78, 5) is 25.4. The molecule has 3 aromatic rings. The second-order valence-electron chi connectivity index (χ2n) is 7.96. The Hall–Kier alpha value is -3.59. The molecule has 1 fully saturated rings. The van der Waals surface area contributed by atoms with Crippen LogP contribution in [-0.2, 0) is 9.53 Å². The molecule has 1 saturated heterocycles. The first kappa shape index (κ1) is 19.4. The molecule has 0 unspecified atom stereocenters. The second-order valence-corrected chi connectivity index (χ2v) is 7.96. The summed E-state index contributed by atoms with van der Waals surface area (Å²) in [7, 11) is 5.27. The van der Waals surface area contributed by atoms with Gasteiger partial charge in [-0.3, -0.25) is 4.79 Å². The van der Waals surface area contributed by atoms with Crippen LogP contribution in [0.2, 0.25) is 0 Å². The molecule has 0 radical (unpaired) electrons. The molecule has 5 rings (SSSR count). The highest BCUT2D eigenvalue weighted by Crippen LogP contribution is 2.41. The summed E-state index contributed by atoms with van der Waals surface area (Å²) in [5.74, 6) is 1.86. The third-order valence-electron chi connectivity index (χ3n) is 6.01. The number of amides is 1. The number of hydrogen-bond acceptors (Lipinski definition) is 7. The first-order valence-electron chi connectivity index (χ1n) is 10.00. The van der Waals surface area contributed by atoms with Crippen molar-refractivity contribution in [2.45, 2.75) is 12.5 Å². The van der Waals surface area contributed by atoms with Crippen LogP contribution in [0.4, 0.5) is 23.1 Å². The number of carbonyl (C=O) groups is 1. The van der Waals surface area contributed by atoms with Crippen LogP contribution in [0.1, 0.15) is 5.56 Å². The van der Waals surface area contributed by atoms with Crippen molar-refractivity contribution in [1.82, 2.24) is 14.5 Å². The SMILES string of the molecule is COc1cc(Nc2ncc3c(n2)N(C)C2(COC2)C(=O)N3C)ccc1-n1ccc(C)c1. The summed E-state index contributed by atoms with van der Waals surface area (Å²) >= 11 is 0. The van der Waals surface area contributed by atoms with Crippen molar-refractivity contribution in [3.63, 3.8) is 0 Å². The van der Waals surface area contributed by atoms with Crippen LogP contribution in [0.5, 0.6) is 5.75 Å². The van der Waals surface area contributed by atoms with Gasteiger partial charge in [0, 0.05) is 38.2 Å². The fourth-order valence-corrected chi connectivity index (χ4v) is 4.04. The first-order valence-corrected chi connectivity index (χ1v) is 10.00. The highest BCUT2D eigenvalue weighted by molar-refractivity contribution is 6.08. The lowest BCUT2D eigenvalue weighted by Gasteiger charge is -2.51. The van der Waals surface area contributed by atoms with Crippen molar-refractivity contribution in [3.05, 3.63) is 48.4 Å². The van der Waals surface area contributed by atoms with E-state index in [1.165, 1.54) is 5.56 Å². The van der Waals surface area contributed by atoms with Gasteiger partial charge >= 0.3 is 0 Å². The van der Waals surface area contributed by atoms with E-state index in [2.05, 4.69) is 10.3 Å². The van der Waals surface area contributed by atoms with Crippen LogP contribution < -0.4 is 19.9 Å². The van der Waals surface area contributed by atoms with E-state index in [4.69, 9.17) is 14.5 Å². The molecule has 160 valence electrons. The average molecular weight is 420 g/mol. The number of nitrogens with zero attached hydrogens (tertiary/aromatic N) is 5. The highest BCUT2D eigenvalue weighted by Gasteiger charge is 2.55. The first-order chi connectivity index (χ1) is 14.9. The van der Waals surface area contributed by atoms with Crippen molar-refractivity contribution >= 4 is 29.0 Å². The van der Waals surface area contributed by atoms with Gasteiger partial charge < -0.3 is 29.2 Å². The zero-order valence-corrected chi connectivity index (χ0v) is 17.9. The molecule has 0 aliphatic carbocycles. The summed E-state index contributed by atoms with van der Waals surface area (Å²) in [5.41, 5.74) is 2.90. The summed E-state index contributed by atoms with van der Waals surface area (Å²) in [5, 5.41) is 3.25. The molecule has 1 aromatic carbocycles. The van der Waals surface area contributed by atoms with Gasteiger partial charge in [-0.05, 0) is 30.7 Å². The Kier molecular flexibility index (Phi) is 4.37. The van der Waals surface area contributed by atoms with Crippen LogP contribution in [0.25, 0.3) is 5.69 Å². The van der Waals surface area contributed by atoms with Gasteiger partial charge in [0.2, 0.25) is 5.95 Å². The van der Waals surface area contributed by atoms with Crippen molar-refractivity contribution in [1.29, 1.82) is 0 Å². The lowest BCUT2D eigenvalue weighted by molar-refractivity contribution is -0.141. The number of anilines is 4. The number of nitrogens with one attached hydrogen (secondary N) is 1. The zero-order valence-electron chi connectivity index (χ0n) is 17.9. The fraction of sp³-hybridized carbons (Fsp3) is 0.318. The molecule has 2 aliphatic heterocycles. The standard InChI is InChI=1S/C22H24N6O3/c1-14-7-8-28(11-14)16-6-5-15(9-18(16)30-4)24-21-23-10-17-19(25-21)27(3)22(12-31-13-22)20(29)26(17)2/h5-11H,12-13H2,1-4H3,(H,23,24,25). The van der Waals surface area contributed by atoms with Gasteiger partial charge in [0.15, 0.2) is 11.4 Å². The molecular formula is C22H24N6O3. The van der Waals surface area contributed by atoms with Crippen molar-refractivity contribution in [3.8, 4) is 11.4 Å². The molecule has 2 aromatic heterocycles. The quantitative estimate of drug-likeness (QED) is 0.694. The van der Waals surface area contributed by atoms with E-state index < -0.39 is 5.54 Å². The van der Waals surface area contributed by atoms with E-state index in [1.807, 2.05) is 60.1 Å². The Morgan fingerprint density at radius 1 is 1.19 bits per heavy atom. The number of ether oxygens (including phenoxy) is 2. The lowest BCUT2D eigenvalue weighted by atomic mass is 9.91. The summed E-state index contributed by atoms with van der Waals surface area (Å²) in [6.07, 6.45) is 5.71. The topological polar surface area (TPSA) is 84.8 Å². The van der Waals surface area contributed by atoms with Crippen LogP contribution >= 0.6 is 0 Å². The number of methoxy groups -OCH3 is 1. The van der Waals surface area contributed by atoms with Gasteiger partial charge in [-0.1, -0.05) is 0 Å². The third-order valence-corrected chi connectivity index (χ3v) is 6.01. The smallest absolute Gasteiger partial charge is 0.257 e. The second kappa shape index (κ2) is 6.98. The number of benzene rings is 1. The molecule has 0 saturated carbocycles. The third kappa shape index (κ3) is 2.92. The molecule has 1 spiro atoms. The van der Waals surface area contributed by atoms with Crippen LogP contribution in [0.15, 0.2) is 42.9 Å². The van der Waals surface area contributed by atoms with Gasteiger partial charge in [0.25, 0.3) is 5.91 Å². The monoisotopic (exact) mass is 420 g/mol. The Morgan fingerprint density at radius 2 is 2.00 bits per heavy atom. The number of likely N-dealkylation sites (N-methyl/N-ethyl adjacent to an activating group) is 2. The average Bonchev–Trinajstić information content (AvgIpc) is 3.17. The minimum absolute atomic E-state index is 0.00127. The Balaban J connectivity index is 1.46. The summed E-state index contributed by atoms with van der Waals surface area (Å²) < 4.78 is 13.0. The summed E-state index contributed by atoms with van der Waals surface area (Å²) in [6, 6.07) is 7.90. The minimum Gasteiger partial charge on any atom is -0.494 e. The van der Waals surface area contributed by atoms with E-state index in [1.54, 1.807) is 25.3 Å². The van der Waals surface area contributed by atoms with Gasteiger partial charge in [-0.15, -0.1) is 0 Å². The molecule has 31 heavy (non-hydrogen) atoms. The predicted molar refractivity (Wildman–Crippen MR) is 118 cm³/mol. The maximum atomic E-state index is 12.8. The van der Waals surface area contributed by atoms with E-state index >= 15 is 0 Å². The van der Waals surface area contributed by atoms with Crippen molar-refractivity contribution < 1.29 is 14.3 Å². The lowest BCUT2D eigenvalue weighted by Crippen LogP contribution is -2.71. The maximum Gasteiger partial charge on any atom is 0.257 e. The van der Waals surface area contributed by atoms with Gasteiger partial charge in [-0.25, -0.2) is 4.98 Å². The van der Waals surface area contributed by atoms with E-state index in [0.717, 1.165) is 17.1 Å². The highest BCUT2D eigenvalue weighted by atomic mass is 16.5. The molecule has 9 nitrogen and oxygen atoms in total. The molecule has 0 atom stereocenters. The van der Waals surface area contributed by atoms with Crippen LogP contribution in [0.3, 0.4) is 0 Å². The number of hydrogen-bond donors (Lipinski definition) is 1. The van der Waals surface area contributed by atoms with Gasteiger partial charge in [0.05, 0.1) is 32.2 Å². The predicted octanol–water partition coefficient (Wildman–Crippen LogP) is 2.51. The molecule has 0 bridgehead atoms. The number of aryl methyl sites for hydroxylation is 1. The molecule has 1 N–H and O–H groups in total. The van der Waals surface area contributed by atoms with Gasteiger partial charge in [-0.2, -0.15) is 4.98 Å². The Morgan fingerprint density at radius 3 is 2.65 bits per heavy atom. The van der Waals surface area contributed by atoms with Crippen LogP contribution in [-0.4, -0.2) is 60.4 Å². The molecule has 1 amide bonds. The number of rotatable bonds is 4. The molecule has 2 aliphatic rings. The van der Waals surface area contributed by atoms with E-state index in [-0.39, 0.29) is 5.91 Å². The number of aromatic nitrogens is 3. The zero-order chi connectivity index (χ0) is 21.8. The van der Waals surface area contributed by atoms with Crippen molar-refractivity contribution in [2.75, 3.05) is 49.5 Å². The Labute approximate surface area is 180 Å². The summed E-state index contributed by atoms with van der Waals surface area (Å²) in [6.45, 7) is 2.76. The van der Waals surface area contributed by atoms with Crippen LogP contribution in [0, 0.1) is 6.92 Å².